The maximum Gasteiger partial charge on any atom is 0.451 e. The molecule has 2 heterocycles. The van der Waals surface area contributed by atoms with Gasteiger partial charge in [-0.1, -0.05) is 0 Å². The van der Waals surface area contributed by atoms with Gasteiger partial charge in [-0.05, 0) is 31.9 Å². The fourth-order valence-corrected chi connectivity index (χ4v) is 2.22. The molecule has 100 valence electrons. The highest BCUT2D eigenvalue weighted by molar-refractivity contribution is 9.11. The zero-order valence-electron chi connectivity index (χ0n) is 8.95. The molecule has 2 aromatic heterocycles. The summed E-state index contributed by atoms with van der Waals surface area (Å²) >= 11 is 6.33. The molecule has 0 amide bonds. The number of pyridine rings is 1. The Morgan fingerprint density at radius 1 is 0.947 bits per heavy atom. The Morgan fingerprint density at radius 3 is 1.95 bits per heavy atom. The smallest absolute Gasteiger partial charge is 0.451 e. The van der Waals surface area contributed by atoms with Crippen LogP contribution in [-0.2, 0) is 6.18 Å². The molecule has 19 heavy (non-hydrogen) atoms. The minimum Gasteiger partial charge on any atom is -0.454 e. The van der Waals surface area contributed by atoms with Crippen molar-refractivity contribution in [3.63, 3.8) is 0 Å². The second-order valence-electron chi connectivity index (χ2n) is 3.29. The summed E-state index contributed by atoms with van der Waals surface area (Å²) in [6, 6.07) is 3.12. The lowest BCUT2D eigenvalue weighted by Crippen LogP contribution is -2.10. The van der Waals surface area contributed by atoms with Gasteiger partial charge in [0.2, 0.25) is 5.82 Å². The van der Waals surface area contributed by atoms with Gasteiger partial charge in [0.1, 0.15) is 15.0 Å². The van der Waals surface area contributed by atoms with Crippen LogP contribution in [0.2, 0.25) is 0 Å². The third-order valence-corrected chi connectivity index (χ3v) is 2.67. The number of rotatable bonds is 2. The van der Waals surface area contributed by atoms with Crippen molar-refractivity contribution >= 4 is 31.9 Å². The number of alkyl halides is 3. The summed E-state index contributed by atoms with van der Waals surface area (Å²) < 4.78 is 43.1. The summed E-state index contributed by atoms with van der Waals surface area (Å²) in [6.45, 7) is 0. The SMILES string of the molecule is FC(F)(F)c1ncc(Oc2cc(Br)nc(Br)c2)cn1. The van der Waals surface area contributed by atoms with Crippen LogP contribution in [0.3, 0.4) is 0 Å². The Hall–Kier alpha value is -1.22. The van der Waals surface area contributed by atoms with Crippen LogP contribution in [0.25, 0.3) is 0 Å². The highest BCUT2D eigenvalue weighted by Crippen LogP contribution is 2.28. The minimum atomic E-state index is -4.57. The second kappa shape index (κ2) is 5.41. The lowest BCUT2D eigenvalue weighted by molar-refractivity contribution is -0.145. The molecule has 0 aliphatic heterocycles. The van der Waals surface area contributed by atoms with E-state index in [2.05, 4.69) is 46.8 Å². The van der Waals surface area contributed by atoms with E-state index in [9.17, 15) is 13.2 Å². The van der Waals surface area contributed by atoms with E-state index < -0.39 is 12.0 Å². The Bertz CT molecular complexity index is 569. The van der Waals surface area contributed by atoms with Gasteiger partial charge in [-0.15, -0.1) is 0 Å². The van der Waals surface area contributed by atoms with Crippen molar-refractivity contribution in [1.82, 2.24) is 15.0 Å². The predicted octanol–water partition coefficient (Wildman–Crippen LogP) is 4.21. The van der Waals surface area contributed by atoms with Gasteiger partial charge in [0.25, 0.3) is 0 Å². The highest BCUT2D eigenvalue weighted by Gasteiger charge is 2.34. The minimum absolute atomic E-state index is 0.0954. The van der Waals surface area contributed by atoms with Crippen molar-refractivity contribution in [2.24, 2.45) is 0 Å². The van der Waals surface area contributed by atoms with E-state index in [-0.39, 0.29) is 5.75 Å². The number of hydrogen-bond donors (Lipinski definition) is 0. The Labute approximate surface area is 122 Å². The molecule has 0 aliphatic carbocycles. The predicted molar refractivity (Wildman–Crippen MR) is 66.7 cm³/mol. The van der Waals surface area contributed by atoms with Crippen LogP contribution in [0, 0.1) is 0 Å². The molecule has 0 spiro atoms. The molecule has 0 bridgehead atoms. The van der Waals surface area contributed by atoms with Crippen molar-refractivity contribution < 1.29 is 17.9 Å². The van der Waals surface area contributed by atoms with Gasteiger partial charge < -0.3 is 4.74 Å². The largest absolute Gasteiger partial charge is 0.454 e. The fraction of sp³-hybridized carbons (Fsp3) is 0.100. The number of halogens is 5. The van der Waals surface area contributed by atoms with Gasteiger partial charge in [0.05, 0.1) is 12.4 Å². The van der Waals surface area contributed by atoms with E-state index in [0.29, 0.717) is 15.0 Å². The third kappa shape index (κ3) is 3.87. The van der Waals surface area contributed by atoms with Gasteiger partial charge in [0, 0.05) is 12.1 Å². The van der Waals surface area contributed by atoms with Crippen LogP contribution < -0.4 is 4.74 Å². The lowest BCUT2D eigenvalue weighted by Gasteiger charge is -2.07. The van der Waals surface area contributed by atoms with Crippen molar-refractivity contribution in [3.8, 4) is 11.5 Å². The third-order valence-electron chi connectivity index (χ3n) is 1.85. The number of hydrogen-bond acceptors (Lipinski definition) is 4. The summed E-state index contributed by atoms with van der Waals surface area (Å²) in [5.41, 5.74) is 0. The molecular formula is C10H4Br2F3N3O. The fourth-order valence-electron chi connectivity index (χ4n) is 1.15. The Balaban J connectivity index is 2.20. The summed E-state index contributed by atoms with van der Waals surface area (Å²) in [5, 5.41) is 0. The first-order valence-corrected chi connectivity index (χ1v) is 6.33. The van der Waals surface area contributed by atoms with E-state index >= 15 is 0 Å². The first-order valence-electron chi connectivity index (χ1n) is 4.75. The summed E-state index contributed by atoms with van der Waals surface area (Å²) in [5.74, 6) is -0.730. The molecule has 2 aromatic rings. The zero-order valence-corrected chi connectivity index (χ0v) is 12.1. The summed E-state index contributed by atoms with van der Waals surface area (Å²) in [6.07, 6.45) is -2.66. The Morgan fingerprint density at radius 2 is 1.47 bits per heavy atom. The second-order valence-corrected chi connectivity index (χ2v) is 4.92. The molecule has 0 aromatic carbocycles. The number of nitrogens with zero attached hydrogens (tertiary/aromatic N) is 3. The normalized spacial score (nSPS) is 11.4. The van der Waals surface area contributed by atoms with E-state index in [1.807, 2.05) is 0 Å². The molecule has 0 atom stereocenters. The van der Waals surface area contributed by atoms with Crippen molar-refractivity contribution in [2.45, 2.75) is 6.18 Å². The molecule has 0 unspecified atom stereocenters. The van der Waals surface area contributed by atoms with Gasteiger partial charge in [-0.3, -0.25) is 0 Å². The topological polar surface area (TPSA) is 47.9 Å². The monoisotopic (exact) mass is 397 g/mol. The Kier molecular flexibility index (Phi) is 4.04. The van der Waals surface area contributed by atoms with Gasteiger partial charge in [-0.2, -0.15) is 13.2 Å². The van der Waals surface area contributed by atoms with Crippen LogP contribution >= 0.6 is 31.9 Å². The van der Waals surface area contributed by atoms with E-state index in [0.717, 1.165) is 12.4 Å². The van der Waals surface area contributed by atoms with Gasteiger partial charge in [0.15, 0.2) is 5.75 Å². The van der Waals surface area contributed by atoms with Crippen LogP contribution in [0.1, 0.15) is 5.82 Å². The first kappa shape index (κ1) is 14.2. The maximum atomic E-state index is 12.3. The van der Waals surface area contributed by atoms with Gasteiger partial charge in [-0.25, -0.2) is 15.0 Å². The molecule has 0 aliphatic rings. The van der Waals surface area contributed by atoms with Gasteiger partial charge >= 0.3 is 6.18 Å². The molecule has 0 fully saturated rings. The van der Waals surface area contributed by atoms with Crippen molar-refractivity contribution in [3.05, 3.63) is 39.6 Å². The molecule has 2 rings (SSSR count). The average Bonchev–Trinajstić information content (AvgIpc) is 2.26. The molecule has 9 heteroatoms. The first-order chi connectivity index (χ1) is 8.84. The van der Waals surface area contributed by atoms with Crippen LogP contribution in [-0.4, -0.2) is 15.0 Å². The van der Waals surface area contributed by atoms with E-state index in [4.69, 9.17) is 4.74 Å². The summed E-state index contributed by atoms with van der Waals surface area (Å²) in [7, 11) is 0. The number of aromatic nitrogens is 3. The average molecular weight is 399 g/mol. The number of ether oxygens (including phenoxy) is 1. The van der Waals surface area contributed by atoms with Crippen molar-refractivity contribution in [1.29, 1.82) is 0 Å². The quantitative estimate of drug-likeness (QED) is 0.711. The molecule has 0 N–H and O–H groups in total. The van der Waals surface area contributed by atoms with Crippen molar-refractivity contribution in [2.75, 3.05) is 0 Å². The van der Waals surface area contributed by atoms with E-state index in [1.165, 1.54) is 0 Å². The molecule has 0 saturated heterocycles. The molecular weight excluding hydrogens is 395 g/mol. The zero-order chi connectivity index (χ0) is 14.0. The van der Waals surface area contributed by atoms with Crippen LogP contribution in [0.4, 0.5) is 13.2 Å². The molecule has 0 radical (unpaired) electrons. The highest BCUT2D eigenvalue weighted by atomic mass is 79.9. The van der Waals surface area contributed by atoms with Crippen LogP contribution in [0.15, 0.2) is 33.7 Å². The lowest BCUT2D eigenvalue weighted by atomic mass is 10.4. The van der Waals surface area contributed by atoms with Crippen LogP contribution in [0.5, 0.6) is 11.5 Å². The molecule has 0 saturated carbocycles. The summed E-state index contributed by atoms with van der Waals surface area (Å²) in [4.78, 5) is 10.4. The standard InChI is InChI=1S/C10H4Br2F3N3O/c11-7-1-5(2-8(12)18-7)19-6-3-16-9(17-4-6)10(13,14)15/h1-4H. The molecule has 4 nitrogen and oxygen atoms in total. The van der Waals surface area contributed by atoms with E-state index in [1.54, 1.807) is 12.1 Å². The maximum absolute atomic E-state index is 12.3.